The first-order valence-corrected chi connectivity index (χ1v) is 8.25. The van der Waals surface area contributed by atoms with Crippen LogP contribution in [0.4, 0.5) is 10.5 Å². The highest BCUT2D eigenvalue weighted by Gasteiger charge is 2.23. The van der Waals surface area contributed by atoms with Crippen molar-refractivity contribution in [1.29, 1.82) is 0 Å². The summed E-state index contributed by atoms with van der Waals surface area (Å²) >= 11 is 6.55. The highest BCUT2D eigenvalue weighted by atomic mass is 79.9. The molecule has 0 atom stereocenters. The minimum Gasteiger partial charge on any atom is -0.478 e. The van der Waals surface area contributed by atoms with Crippen LogP contribution >= 0.6 is 31.9 Å². The monoisotopic (exact) mass is 418 g/mol. The number of anilines is 1. The molecule has 21 heavy (non-hydrogen) atoms. The standard InChI is InChI=1S/C14H16Br2N2O3/c1-8-2-4-18(5-3-8)14(21)17-12-10(13(19)20)6-9(15)7-11(12)16/h6-8H,2-5H2,1H3,(H,17,21)(H,19,20). The van der Waals surface area contributed by atoms with E-state index in [1.165, 1.54) is 6.07 Å². The number of carboxylic acid groups (broad SMARTS) is 1. The molecule has 1 heterocycles. The van der Waals surface area contributed by atoms with Gasteiger partial charge in [-0.15, -0.1) is 0 Å². The van der Waals surface area contributed by atoms with Gasteiger partial charge in [-0.3, -0.25) is 0 Å². The molecule has 2 amide bonds. The maximum Gasteiger partial charge on any atom is 0.337 e. The molecule has 1 aliphatic rings. The third-order valence-corrected chi connectivity index (χ3v) is 4.67. The number of likely N-dealkylation sites (tertiary alicyclic amines) is 1. The molecule has 1 aliphatic heterocycles. The van der Waals surface area contributed by atoms with Crippen LogP contribution in [-0.2, 0) is 0 Å². The van der Waals surface area contributed by atoms with Crippen LogP contribution in [0.15, 0.2) is 21.1 Å². The van der Waals surface area contributed by atoms with Crippen LogP contribution in [0.3, 0.4) is 0 Å². The Morgan fingerprint density at radius 1 is 1.29 bits per heavy atom. The molecule has 2 N–H and O–H groups in total. The molecule has 114 valence electrons. The second-order valence-corrected chi connectivity index (χ2v) is 6.99. The SMILES string of the molecule is CC1CCN(C(=O)Nc2c(Br)cc(Br)cc2C(=O)O)CC1. The van der Waals surface area contributed by atoms with Crippen molar-refractivity contribution in [3.8, 4) is 0 Å². The van der Waals surface area contributed by atoms with E-state index in [0.717, 1.165) is 12.8 Å². The Hall–Kier alpha value is -1.08. The van der Waals surface area contributed by atoms with Crippen molar-refractivity contribution < 1.29 is 14.7 Å². The number of urea groups is 1. The Bertz CT molecular complexity index is 570. The summed E-state index contributed by atoms with van der Waals surface area (Å²) in [5.41, 5.74) is 0.337. The second kappa shape index (κ2) is 6.79. The predicted molar refractivity (Wildman–Crippen MR) is 87.8 cm³/mol. The van der Waals surface area contributed by atoms with E-state index in [0.29, 0.717) is 28.0 Å². The summed E-state index contributed by atoms with van der Waals surface area (Å²) in [7, 11) is 0. The van der Waals surface area contributed by atoms with Gasteiger partial charge in [-0.1, -0.05) is 22.9 Å². The summed E-state index contributed by atoms with van der Waals surface area (Å²) < 4.78 is 1.17. The second-order valence-electron chi connectivity index (χ2n) is 5.22. The summed E-state index contributed by atoms with van der Waals surface area (Å²) in [6.45, 7) is 3.57. The van der Waals surface area contributed by atoms with Gasteiger partial charge in [0.15, 0.2) is 0 Å². The normalized spacial score (nSPS) is 15.9. The van der Waals surface area contributed by atoms with Gasteiger partial charge in [-0.25, -0.2) is 9.59 Å². The number of piperidine rings is 1. The van der Waals surface area contributed by atoms with E-state index >= 15 is 0 Å². The van der Waals surface area contributed by atoms with Gasteiger partial charge in [-0.2, -0.15) is 0 Å². The fraction of sp³-hybridized carbons (Fsp3) is 0.429. The van der Waals surface area contributed by atoms with Crippen LogP contribution in [0.2, 0.25) is 0 Å². The summed E-state index contributed by atoms with van der Waals surface area (Å²) in [5, 5.41) is 12.0. The summed E-state index contributed by atoms with van der Waals surface area (Å²) in [4.78, 5) is 25.3. The fourth-order valence-corrected chi connectivity index (χ4v) is 3.59. The number of hydrogen-bond donors (Lipinski definition) is 2. The van der Waals surface area contributed by atoms with Gasteiger partial charge in [0.05, 0.1) is 11.3 Å². The molecular weight excluding hydrogens is 404 g/mol. The maximum atomic E-state index is 12.3. The van der Waals surface area contributed by atoms with Gasteiger partial charge in [0.1, 0.15) is 0 Å². The average Bonchev–Trinajstić information content (AvgIpc) is 2.41. The first-order valence-electron chi connectivity index (χ1n) is 6.66. The van der Waals surface area contributed by atoms with Gasteiger partial charge < -0.3 is 15.3 Å². The number of carboxylic acids is 1. The van der Waals surface area contributed by atoms with Crippen molar-refractivity contribution in [2.75, 3.05) is 18.4 Å². The average molecular weight is 420 g/mol. The number of nitrogens with one attached hydrogen (secondary N) is 1. The first-order chi connectivity index (χ1) is 9.88. The van der Waals surface area contributed by atoms with Crippen molar-refractivity contribution >= 4 is 49.5 Å². The molecule has 0 aliphatic carbocycles. The van der Waals surface area contributed by atoms with Gasteiger partial charge in [0, 0.05) is 22.0 Å². The number of halogens is 2. The molecule has 1 aromatic rings. The fourth-order valence-electron chi connectivity index (χ4n) is 2.27. The maximum absolute atomic E-state index is 12.3. The Balaban J connectivity index is 2.19. The molecule has 5 nitrogen and oxygen atoms in total. The number of nitrogens with zero attached hydrogens (tertiary/aromatic N) is 1. The zero-order valence-electron chi connectivity index (χ0n) is 11.5. The van der Waals surface area contributed by atoms with Gasteiger partial charge in [0.2, 0.25) is 0 Å². The van der Waals surface area contributed by atoms with E-state index in [-0.39, 0.29) is 17.3 Å². The van der Waals surface area contributed by atoms with Crippen LogP contribution in [0.25, 0.3) is 0 Å². The van der Waals surface area contributed by atoms with Crippen molar-refractivity contribution in [1.82, 2.24) is 4.90 Å². The van der Waals surface area contributed by atoms with Gasteiger partial charge >= 0.3 is 12.0 Å². The number of carbonyl (C=O) groups excluding carboxylic acids is 1. The minimum atomic E-state index is -1.08. The van der Waals surface area contributed by atoms with E-state index in [4.69, 9.17) is 0 Å². The van der Waals surface area contributed by atoms with E-state index in [1.54, 1.807) is 11.0 Å². The molecule has 0 spiro atoms. The number of benzene rings is 1. The highest BCUT2D eigenvalue weighted by Crippen LogP contribution is 2.31. The zero-order valence-corrected chi connectivity index (χ0v) is 14.7. The first kappa shape index (κ1) is 16.3. The van der Waals surface area contributed by atoms with E-state index in [1.807, 2.05) is 0 Å². The predicted octanol–water partition coefficient (Wildman–Crippen LogP) is 4.17. The van der Waals surface area contributed by atoms with Crippen LogP contribution in [-0.4, -0.2) is 35.1 Å². The number of carbonyl (C=O) groups is 2. The molecule has 1 fully saturated rings. The van der Waals surface area contributed by atoms with Crippen LogP contribution < -0.4 is 5.32 Å². The van der Waals surface area contributed by atoms with Crippen LogP contribution in [0.5, 0.6) is 0 Å². The van der Waals surface area contributed by atoms with Crippen LogP contribution in [0, 0.1) is 5.92 Å². The Morgan fingerprint density at radius 2 is 1.90 bits per heavy atom. The molecule has 1 aromatic carbocycles. The molecule has 0 unspecified atom stereocenters. The smallest absolute Gasteiger partial charge is 0.337 e. The Kier molecular flexibility index (Phi) is 5.27. The lowest BCUT2D eigenvalue weighted by Crippen LogP contribution is -2.40. The lowest BCUT2D eigenvalue weighted by Gasteiger charge is -2.30. The number of aromatic carboxylic acids is 1. The minimum absolute atomic E-state index is 0.0509. The van der Waals surface area contributed by atoms with E-state index < -0.39 is 5.97 Å². The van der Waals surface area contributed by atoms with Gasteiger partial charge in [0.25, 0.3) is 0 Å². The molecule has 1 saturated heterocycles. The lowest BCUT2D eigenvalue weighted by molar-refractivity contribution is 0.0698. The third-order valence-electron chi connectivity index (χ3n) is 3.59. The molecule has 0 aromatic heterocycles. The molecule has 0 saturated carbocycles. The van der Waals surface area contributed by atoms with E-state index in [9.17, 15) is 14.7 Å². The van der Waals surface area contributed by atoms with Crippen molar-refractivity contribution in [2.45, 2.75) is 19.8 Å². The number of hydrogen-bond acceptors (Lipinski definition) is 2. The molecule has 0 radical (unpaired) electrons. The van der Waals surface area contributed by atoms with E-state index in [2.05, 4.69) is 44.1 Å². The number of amides is 2. The molecule has 7 heteroatoms. The van der Waals surface area contributed by atoms with Crippen molar-refractivity contribution in [3.63, 3.8) is 0 Å². The number of rotatable bonds is 2. The summed E-state index contributed by atoms with van der Waals surface area (Å²) in [5.74, 6) is -0.456. The largest absolute Gasteiger partial charge is 0.478 e. The highest BCUT2D eigenvalue weighted by molar-refractivity contribution is 9.11. The van der Waals surface area contributed by atoms with Crippen LogP contribution in [0.1, 0.15) is 30.1 Å². The molecule has 2 rings (SSSR count). The topological polar surface area (TPSA) is 69.6 Å². The van der Waals surface area contributed by atoms with Gasteiger partial charge in [-0.05, 0) is 46.8 Å². The Labute approximate surface area is 140 Å². The summed E-state index contributed by atoms with van der Waals surface area (Å²) in [6.07, 6.45) is 1.95. The molecular formula is C14H16Br2N2O3. The third kappa shape index (κ3) is 3.97. The Morgan fingerprint density at radius 3 is 2.48 bits per heavy atom. The molecule has 0 bridgehead atoms. The van der Waals surface area contributed by atoms with Crippen molar-refractivity contribution in [2.24, 2.45) is 5.92 Å². The quantitative estimate of drug-likeness (QED) is 0.755. The van der Waals surface area contributed by atoms with Crippen molar-refractivity contribution in [3.05, 3.63) is 26.6 Å². The lowest BCUT2D eigenvalue weighted by atomic mass is 10.00. The summed E-state index contributed by atoms with van der Waals surface area (Å²) in [6, 6.07) is 2.92. The zero-order chi connectivity index (χ0) is 15.6.